The van der Waals surface area contributed by atoms with Crippen LogP contribution in [0.2, 0.25) is 0 Å². The predicted molar refractivity (Wildman–Crippen MR) is 74.9 cm³/mol. The summed E-state index contributed by atoms with van der Waals surface area (Å²) in [6.07, 6.45) is 1.31. The summed E-state index contributed by atoms with van der Waals surface area (Å²) in [6.45, 7) is 2.33. The molecule has 4 nitrogen and oxygen atoms in total. The van der Waals surface area contributed by atoms with Gasteiger partial charge < -0.3 is 0 Å². The summed E-state index contributed by atoms with van der Waals surface area (Å²) < 4.78 is 15.5. The lowest BCUT2D eigenvalue weighted by molar-refractivity contribution is -0.117. The van der Waals surface area contributed by atoms with E-state index in [1.165, 1.54) is 0 Å². The van der Waals surface area contributed by atoms with Gasteiger partial charge >= 0.3 is 0 Å². The Morgan fingerprint density at radius 1 is 1.61 bits per heavy atom. The first-order valence-electron chi connectivity index (χ1n) is 6.08. The molecular weight excluding hydrogens is 348 g/mol. The molecule has 1 aromatic rings. The van der Waals surface area contributed by atoms with Crippen LogP contribution in [0.5, 0.6) is 0 Å². The van der Waals surface area contributed by atoms with Gasteiger partial charge in [0.2, 0.25) is 5.91 Å². The third-order valence-corrected chi connectivity index (χ3v) is 5.00. The third-order valence-electron chi connectivity index (χ3n) is 3.84. The zero-order valence-corrected chi connectivity index (χ0v) is 12.5. The normalized spacial score (nSPS) is 35.3. The number of fused-ring (bicyclic) bond motifs is 1. The number of hydrogen-bond donors (Lipinski definition) is 0. The maximum Gasteiger partial charge on any atom is 0.240 e. The number of amides is 1. The number of aromatic nitrogens is 2. The number of aryl methyl sites for hydroxylation is 1. The van der Waals surface area contributed by atoms with Crippen molar-refractivity contribution in [3.63, 3.8) is 0 Å². The van der Waals surface area contributed by atoms with Crippen LogP contribution in [0.4, 0.5) is 10.2 Å². The first-order chi connectivity index (χ1) is 8.40. The van der Waals surface area contributed by atoms with E-state index in [2.05, 4.69) is 27.7 Å². The molecule has 0 spiro atoms. The fourth-order valence-electron chi connectivity index (χ4n) is 2.47. The van der Waals surface area contributed by atoms with E-state index in [1.807, 2.05) is 10.7 Å². The van der Waals surface area contributed by atoms with Crippen LogP contribution in [0.1, 0.15) is 31.4 Å². The Bertz CT molecular complexity index is 513. The second kappa shape index (κ2) is 3.91. The predicted octanol–water partition coefficient (Wildman–Crippen LogP) is 2.27. The molecule has 0 bridgehead atoms. The van der Waals surface area contributed by atoms with Crippen LogP contribution < -0.4 is 4.90 Å². The fourth-order valence-corrected chi connectivity index (χ4v) is 3.16. The summed E-state index contributed by atoms with van der Waals surface area (Å²) in [4.78, 5) is 13.7. The minimum atomic E-state index is -1.12. The van der Waals surface area contributed by atoms with Crippen LogP contribution in [-0.2, 0) is 11.3 Å². The SMILES string of the molecule is CN1C(=O)C(I)CCn2nc(C3CC3(C)F)cc21. The highest BCUT2D eigenvalue weighted by Gasteiger charge is 2.53. The molecule has 3 rings (SSSR count). The van der Waals surface area contributed by atoms with Crippen molar-refractivity contribution in [2.24, 2.45) is 0 Å². The molecule has 0 saturated heterocycles. The van der Waals surface area contributed by atoms with Gasteiger partial charge in [0.1, 0.15) is 11.5 Å². The molecule has 3 unspecified atom stereocenters. The number of rotatable bonds is 1. The molecule has 1 saturated carbocycles. The van der Waals surface area contributed by atoms with Crippen LogP contribution in [0.25, 0.3) is 0 Å². The Labute approximate surface area is 119 Å². The molecular formula is C12H15FIN3O. The number of alkyl halides is 2. The number of carbonyl (C=O) groups excluding carboxylic acids is 1. The molecule has 2 aliphatic rings. The molecule has 1 fully saturated rings. The molecule has 2 heterocycles. The highest BCUT2D eigenvalue weighted by molar-refractivity contribution is 14.1. The summed E-state index contributed by atoms with van der Waals surface area (Å²) in [5.74, 6) is 0.785. The molecule has 0 aromatic carbocycles. The topological polar surface area (TPSA) is 38.1 Å². The van der Waals surface area contributed by atoms with E-state index in [-0.39, 0.29) is 15.7 Å². The third kappa shape index (κ3) is 1.85. The highest BCUT2D eigenvalue weighted by atomic mass is 127. The zero-order valence-electron chi connectivity index (χ0n) is 10.4. The van der Waals surface area contributed by atoms with Gasteiger partial charge in [-0.1, -0.05) is 22.6 Å². The highest BCUT2D eigenvalue weighted by Crippen LogP contribution is 2.54. The van der Waals surface area contributed by atoms with Crippen LogP contribution in [0.15, 0.2) is 6.07 Å². The first-order valence-corrected chi connectivity index (χ1v) is 7.33. The van der Waals surface area contributed by atoms with E-state index < -0.39 is 5.67 Å². The average molecular weight is 363 g/mol. The molecule has 98 valence electrons. The minimum Gasteiger partial charge on any atom is -0.299 e. The van der Waals surface area contributed by atoms with Gasteiger partial charge in [0, 0.05) is 25.6 Å². The summed E-state index contributed by atoms with van der Waals surface area (Å²) in [7, 11) is 1.76. The lowest BCUT2D eigenvalue weighted by atomic mass is 10.2. The number of anilines is 1. The molecule has 1 aliphatic carbocycles. The molecule has 0 radical (unpaired) electrons. The maximum absolute atomic E-state index is 13.7. The number of halogens is 2. The van der Waals surface area contributed by atoms with Gasteiger partial charge in [-0.25, -0.2) is 9.07 Å². The van der Waals surface area contributed by atoms with Crippen molar-refractivity contribution in [1.82, 2.24) is 9.78 Å². The van der Waals surface area contributed by atoms with Gasteiger partial charge in [0.15, 0.2) is 0 Å². The number of hydrogen-bond acceptors (Lipinski definition) is 2. The van der Waals surface area contributed by atoms with Crippen molar-refractivity contribution in [2.45, 2.75) is 41.8 Å². The van der Waals surface area contributed by atoms with Crippen LogP contribution >= 0.6 is 22.6 Å². The maximum atomic E-state index is 13.7. The van der Waals surface area contributed by atoms with Crippen LogP contribution in [0, 0.1) is 0 Å². The monoisotopic (exact) mass is 363 g/mol. The van der Waals surface area contributed by atoms with Crippen LogP contribution in [-0.4, -0.2) is 32.3 Å². The zero-order chi connectivity index (χ0) is 13.1. The number of carbonyl (C=O) groups is 1. The molecule has 0 N–H and O–H groups in total. The van der Waals surface area contributed by atoms with E-state index in [0.717, 1.165) is 24.5 Å². The molecule has 1 aliphatic heterocycles. The van der Waals surface area contributed by atoms with Gasteiger partial charge in [-0.05, 0) is 19.8 Å². The fraction of sp³-hybridized carbons (Fsp3) is 0.667. The van der Waals surface area contributed by atoms with Crippen molar-refractivity contribution in [1.29, 1.82) is 0 Å². The summed E-state index contributed by atoms with van der Waals surface area (Å²) in [5, 5.41) is 4.47. The van der Waals surface area contributed by atoms with E-state index in [9.17, 15) is 9.18 Å². The van der Waals surface area contributed by atoms with Gasteiger partial charge in [-0.2, -0.15) is 5.10 Å². The Balaban J connectivity index is 1.94. The average Bonchev–Trinajstić information content (AvgIpc) is 2.81. The number of nitrogens with zero attached hydrogens (tertiary/aromatic N) is 3. The summed E-state index contributed by atoms with van der Waals surface area (Å²) >= 11 is 2.17. The quantitative estimate of drug-likeness (QED) is 0.567. The van der Waals surface area contributed by atoms with Crippen molar-refractivity contribution >= 4 is 34.3 Å². The summed E-state index contributed by atoms with van der Waals surface area (Å²) in [6, 6.07) is 1.86. The Morgan fingerprint density at radius 3 is 2.89 bits per heavy atom. The molecule has 3 atom stereocenters. The van der Waals surface area contributed by atoms with Gasteiger partial charge in [0.05, 0.1) is 9.62 Å². The van der Waals surface area contributed by atoms with Crippen molar-refractivity contribution < 1.29 is 9.18 Å². The smallest absolute Gasteiger partial charge is 0.240 e. The lowest BCUT2D eigenvalue weighted by Crippen LogP contribution is -2.32. The van der Waals surface area contributed by atoms with Crippen molar-refractivity contribution in [2.75, 3.05) is 11.9 Å². The Kier molecular flexibility index (Phi) is 2.69. The summed E-state index contributed by atoms with van der Waals surface area (Å²) in [5.41, 5.74) is -0.337. The standard InChI is InChI=1S/C12H15FIN3O/c1-12(13)6-7(12)9-5-10-16(2)11(18)8(14)3-4-17(10)15-9/h5,7-8H,3-4,6H2,1-2H3. The molecule has 1 amide bonds. The van der Waals surface area contributed by atoms with Gasteiger partial charge in [0.25, 0.3) is 0 Å². The molecule has 18 heavy (non-hydrogen) atoms. The molecule has 6 heteroatoms. The van der Waals surface area contributed by atoms with E-state index in [1.54, 1.807) is 18.9 Å². The van der Waals surface area contributed by atoms with E-state index in [4.69, 9.17) is 0 Å². The Morgan fingerprint density at radius 2 is 2.28 bits per heavy atom. The molecule has 1 aromatic heterocycles. The minimum absolute atomic E-state index is 0.00915. The Hall–Kier alpha value is -0.660. The first kappa shape index (κ1) is 12.4. The second-order valence-electron chi connectivity index (χ2n) is 5.34. The second-order valence-corrected chi connectivity index (χ2v) is 6.84. The van der Waals surface area contributed by atoms with E-state index >= 15 is 0 Å². The van der Waals surface area contributed by atoms with Gasteiger partial charge in [-0.15, -0.1) is 0 Å². The van der Waals surface area contributed by atoms with Crippen LogP contribution in [0.3, 0.4) is 0 Å². The lowest BCUT2D eigenvalue weighted by Gasteiger charge is -2.15. The van der Waals surface area contributed by atoms with Gasteiger partial charge in [-0.3, -0.25) is 9.69 Å². The van der Waals surface area contributed by atoms with Crippen molar-refractivity contribution in [3.8, 4) is 0 Å². The van der Waals surface area contributed by atoms with E-state index in [0.29, 0.717) is 6.42 Å². The van der Waals surface area contributed by atoms with Crippen molar-refractivity contribution in [3.05, 3.63) is 11.8 Å². The largest absolute Gasteiger partial charge is 0.299 e.